The van der Waals surface area contributed by atoms with E-state index in [0.29, 0.717) is 12.8 Å². The van der Waals surface area contributed by atoms with Crippen molar-refractivity contribution in [2.24, 2.45) is 17.6 Å². The molecule has 0 aromatic rings. The molecule has 3 unspecified atom stereocenters. The zero-order valence-electron chi connectivity index (χ0n) is 9.48. The number of nitrogens with two attached hydrogens (primary N) is 1. The quantitative estimate of drug-likeness (QED) is 0.567. The first-order valence-corrected chi connectivity index (χ1v) is 5.68. The summed E-state index contributed by atoms with van der Waals surface area (Å²) in [4.78, 5) is 21.9. The Morgan fingerprint density at radius 2 is 2.00 bits per heavy atom. The molecule has 0 saturated heterocycles. The van der Waals surface area contributed by atoms with Gasteiger partial charge in [-0.1, -0.05) is 26.2 Å². The van der Waals surface area contributed by atoms with Crippen LogP contribution in [0.4, 0.5) is 0 Å². The van der Waals surface area contributed by atoms with Crippen molar-refractivity contribution >= 4 is 11.9 Å². The molecule has 5 heteroatoms. The Morgan fingerprint density at radius 3 is 2.38 bits per heavy atom. The Bertz CT molecular complexity index is 292. The molecule has 1 rings (SSSR count). The van der Waals surface area contributed by atoms with Gasteiger partial charge in [0, 0.05) is 5.92 Å². The molecule has 0 spiro atoms. The summed E-state index contributed by atoms with van der Waals surface area (Å²) < 4.78 is 0. The third-order valence-electron chi connectivity index (χ3n) is 3.36. The zero-order chi connectivity index (χ0) is 12.3. The van der Waals surface area contributed by atoms with Gasteiger partial charge in [0.05, 0.1) is 5.92 Å². The maximum Gasteiger partial charge on any atom is 0.323 e. The normalized spacial score (nSPS) is 27.1. The fraction of sp³-hybridized carbons (Fsp3) is 0.818. The van der Waals surface area contributed by atoms with Gasteiger partial charge in [0.1, 0.15) is 5.54 Å². The fourth-order valence-corrected chi connectivity index (χ4v) is 2.16. The van der Waals surface area contributed by atoms with Crippen LogP contribution in [0.1, 0.15) is 39.0 Å². The summed E-state index contributed by atoms with van der Waals surface area (Å²) in [6, 6.07) is 0. The molecule has 0 aromatic carbocycles. The summed E-state index contributed by atoms with van der Waals surface area (Å²) in [5.41, 5.74) is 4.50. The van der Waals surface area contributed by atoms with Crippen LogP contribution in [0.15, 0.2) is 0 Å². The predicted molar refractivity (Wildman–Crippen MR) is 57.9 cm³/mol. The van der Waals surface area contributed by atoms with Crippen LogP contribution in [0.25, 0.3) is 0 Å². The standard InChI is InChI=1S/C11H19NO4/c1-2-3-4-5-11(12,10(15)16)8-6-7(8)9(13)14/h7-8H,2-6,12H2,1H3,(H,13,14)(H,15,16). The second-order valence-electron chi connectivity index (χ2n) is 4.59. The molecule has 16 heavy (non-hydrogen) atoms. The van der Waals surface area contributed by atoms with Crippen LogP contribution in [-0.2, 0) is 9.59 Å². The third-order valence-corrected chi connectivity index (χ3v) is 3.36. The van der Waals surface area contributed by atoms with E-state index >= 15 is 0 Å². The smallest absolute Gasteiger partial charge is 0.323 e. The number of carbonyl (C=O) groups is 2. The summed E-state index contributed by atoms with van der Waals surface area (Å²) in [7, 11) is 0. The van der Waals surface area contributed by atoms with E-state index in [4.69, 9.17) is 15.9 Å². The number of hydrogen-bond donors (Lipinski definition) is 3. The molecule has 5 nitrogen and oxygen atoms in total. The van der Waals surface area contributed by atoms with E-state index in [2.05, 4.69) is 0 Å². The third kappa shape index (κ3) is 2.52. The minimum atomic E-state index is -1.35. The number of carboxylic acids is 2. The highest BCUT2D eigenvalue weighted by Crippen LogP contribution is 2.47. The minimum absolute atomic E-state index is 0.366. The molecule has 1 aliphatic carbocycles. The van der Waals surface area contributed by atoms with Crippen molar-refractivity contribution in [3.63, 3.8) is 0 Å². The highest BCUT2D eigenvalue weighted by molar-refractivity contribution is 5.83. The first-order chi connectivity index (χ1) is 7.43. The van der Waals surface area contributed by atoms with E-state index in [9.17, 15) is 9.59 Å². The number of rotatable bonds is 7. The van der Waals surface area contributed by atoms with Gasteiger partial charge in [0.2, 0.25) is 0 Å². The first kappa shape index (κ1) is 13.0. The van der Waals surface area contributed by atoms with Gasteiger partial charge in [-0.25, -0.2) is 0 Å². The Kier molecular flexibility index (Phi) is 3.91. The van der Waals surface area contributed by atoms with Gasteiger partial charge in [0.15, 0.2) is 0 Å². The molecule has 3 atom stereocenters. The zero-order valence-corrected chi connectivity index (χ0v) is 9.48. The number of carboxylic acid groups (broad SMARTS) is 2. The highest BCUT2D eigenvalue weighted by atomic mass is 16.4. The lowest BCUT2D eigenvalue weighted by molar-refractivity contribution is -0.145. The monoisotopic (exact) mass is 229 g/mol. The number of aliphatic carboxylic acids is 2. The average Bonchev–Trinajstić information content (AvgIpc) is 2.97. The van der Waals surface area contributed by atoms with E-state index in [1.165, 1.54) is 0 Å². The van der Waals surface area contributed by atoms with Crippen LogP contribution in [0, 0.1) is 11.8 Å². The van der Waals surface area contributed by atoms with Crippen molar-refractivity contribution in [1.82, 2.24) is 0 Å². The molecule has 0 radical (unpaired) electrons. The van der Waals surface area contributed by atoms with Crippen LogP contribution >= 0.6 is 0 Å². The summed E-state index contributed by atoms with van der Waals surface area (Å²) in [6.07, 6.45) is 3.41. The number of unbranched alkanes of at least 4 members (excludes halogenated alkanes) is 2. The largest absolute Gasteiger partial charge is 0.481 e. The van der Waals surface area contributed by atoms with Crippen LogP contribution in [0.2, 0.25) is 0 Å². The molecule has 1 saturated carbocycles. The van der Waals surface area contributed by atoms with Gasteiger partial charge in [-0.05, 0) is 12.8 Å². The molecule has 92 valence electrons. The molecule has 0 aromatic heterocycles. The van der Waals surface area contributed by atoms with Crippen LogP contribution in [0.5, 0.6) is 0 Å². The molecule has 0 amide bonds. The first-order valence-electron chi connectivity index (χ1n) is 5.68. The highest BCUT2D eigenvalue weighted by Gasteiger charge is 2.57. The van der Waals surface area contributed by atoms with Gasteiger partial charge in [-0.15, -0.1) is 0 Å². The second-order valence-corrected chi connectivity index (χ2v) is 4.59. The molecular weight excluding hydrogens is 210 g/mol. The van der Waals surface area contributed by atoms with Gasteiger partial charge >= 0.3 is 11.9 Å². The SMILES string of the molecule is CCCCCC(N)(C(=O)O)C1CC1C(=O)O. The lowest BCUT2D eigenvalue weighted by Gasteiger charge is -2.24. The summed E-state index contributed by atoms with van der Waals surface area (Å²) in [6.45, 7) is 2.02. The molecular formula is C11H19NO4. The van der Waals surface area contributed by atoms with Crippen LogP contribution in [0.3, 0.4) is 0 Å². The number of hydrogen-bond acceptors (Lipinski definition) is 3. The predicted octanol–water partition coefficient (Wildman–Crippen LogP) is 1.07. The van der Waals surface area contributed by atoms with E-state index < -0.39 is 29.3 Å². The molecule has 0 bridgehead atoms. The molecule has 0 heterocycles. The van der Waals surface area contributed by atoms with E-state index in [1.807, 2.05) is 6.92 Å². The van der Waals surface area contributed by atoms with Gasteiger partial charge in [0.25, 0.3) is 0 Å². The van der Waals surface area contributed by atoms with Crippen molar-refractivity contribution in [3.8, 4) is 0 Å². The summed E-state index contributed by atoms with van der Waals surface area (Å²) in [5, 5.41) is 17.9. The van der Waals surface area contributed by atoms with E-state index in [1.54, 1.807) is 0 Å². The molecule has 1 aliphatic rings. The van der Waals surface area contributed by atoms with Crippen molar-refractivity contribution in [2.45, 2.75) is 44.6 Å². The average molecular weight is 229 g/mol. The van der Waals surface area contributed by atoms with Gasteiger partial charge in [-0.2, -0.15) is 0 Å². The molecule has 0 aliphatic heterocycles. The van der Waals surface area contributed by atoms with Crippen molar-refractivity contribution < 1.29 is 19.8 Å². The summed E-state index contributed by atoms with van der Waals surface area (Å²) >= 11 is 0. The lowest BCUT2D eigenvalue weighted by Crippen LogP contribution is -2.51. The van der Waals surface area contributed by atoms with Crippen molar-refractivity contribution in [1.29, 1.82) is 0 Å². The topological polar surface area (TPSA) is 101 Å². The van der Waals surface area contributed by atoms with Gasteiger partial charge < -0.3 is 15.9 Å². The fourth-order valence-electron chi connectivity index (χ4n) is 2.16. The van der Waals surface area contributed by atoms with Gasteiger partial charge in [-0.3, -0.25) is 9.59 Å². The van der Waals surface area contributed by atoms with Crippen LogP contribution in [-0.4, -0.2) is 27.7 Å². The Morgan fingerprint density at radius 1 is 1.38 bits per heavy atom. The molecule has 4 N–H and O–H groups in total. The van der Waals surface area contributed by atoms with Crippen LogP contribution < -0.4 is 5.73 Å². The van der Waals surface area contributed by atoms with E-state index in [0.717, 1.165) is 19.3 Å². The Balaban J connectivity index is 2.60. The van der Waals surface area contributed by atoms with Crippen molar-refractivity contribution in [3.05, 3.63) is 0 Å². The lowest BCUT2D eigenvalue weighted by atomic mass is 9.87. The Labute approximate surface area is 94.6 Å². The molecule has 1 fully saturated rings. The van der Waals surface area contributed by atoms with Crippen molar-refractivity contribution in [2.75, 3.05) is 0 Å². The minimum Gasteiger partial charge on any atom is -0.481 e. The second kappa shape index (κ2) is 4.82. The van der Waals surface area contributed by atoms with E-state index in [-0.39, 0.29) is 0 Å². The summed E-state index contributed by atoms with van der Waals surface area (Å²) in [5.74, 6) is -2.98. The maximum atomic E-state index is 11.1. The Hall–Kier alpha value is -1.10. The maximum absolute atomic E-state index is 11.1.